The van der Waals surface area contributed by atoms with E-state index in [9.17, 15) is 10.2 Å². The van der Waals surface area contributed by atoms with Gasteiger partial charge in [0.25, 0.3) is 0 Å². The zero-order valence-electron chi connectivity index (χ0n) is 20.1. The Morgan fingerprint density at radius 3 is 2.63 bits per heavy atom. The zero-order valence-corrected chi connectivity index (χ0v) is 20.1. The molecule has 7 heteroatoms. The molecule has 0 fully saturated rings. The third-order valence-corrected chi connectivity index (χ3v) is 6.27. The van der Waals surface area contributed by atoms with E-state index >= 15 is 0 Å². The average molecular weight is 475 g/mol. The van der Waals surface area contributed by atoms with Crippen LogP contribution < -0.4 is 21.1 Å². The number of benzene rings is 3. The van der Waals surface area contributed by atoms with Crippen molar-refractivity contribution in [3.05, 3.63) is 76.9 Å². The molecular formula is C28H34N4O3. The fraction of sp³-hybridized carbons (Fsp3) is 0.321. The van der Waals surface area contributed by atoms with Crippen LogP contribution in [0.5, 0.6) is 11.5 Å². The molecule has 1 aliphatic heterocycles. The van der Waals surface area contributed by atoms with Gasteiger partial charge >= 0.3 is 0 Å². The standard InChI is InChI=1S/C28H34N4O3/c1-35-27-11-8-22(17-20(27)12-14-29)32-21-6-4-19(5-7-21)13-16-30-18-26(34)23-9-10-25(33)28-24(23)3-2-15-31-28/h4-11,15,17,26,30,32-34H,2-3,12-14,16,18,29H2,1H3/t26-/m0/s1. The summed E-state index contributed by atoms with van der Waals surface area (Å²) < 4.78 is 5.41. The first kappa shape index (κ1) is 24.7. The third-order valence-electron chi connectivity index (χ3n) is 6.27. The SMILES string of the molecule is COc1ccc(Nc2ccc(CCNC[C@H](O)c3ccc(O)c4c3CCC=N4)cc2)cc1CCN. The molecule has 7 nitrogen and oxygen atoms in total. The fourth-order valence-corrected chi connectivity index (χ4v) is 4.43. The minimum Gasteiger partial charge on any atom is -0.506 e. The first-order valence-electron chi connectivity index (χ1n) is 12.1. The molecule has 0 aromatic heterocycles. The van der Waals surface area contributed by atoms with Crippen molar-refractivity contribution in [1.82, 2.24) is 5.32 Å². The lowest BCUT2D eigenvalue weighted by Crippen LogP contribution is -2.24. The number of phenolic OH excluding ortho intramolecular Hbond substituents is 1. The summed E-state index contributed by atoms with van der Waals surface area (Å²) in [6.45, 7) is 1.78. The van der Waals surface area contributed by atoms with E-state index in [1.165, 1.54) is 5.56 Å². The lowest BCUT2D eigenvalue weighted by Gasteiger charge is -2.20. The van der Waals surface area contributed by atoms with Crippen molar-refractivity contribution in [2.45, 2.75) is 31.8 Å². The number of fused-ring (bicyclic) bond motifs is 1. The molecule has 0 aliphatic carbocycles. The van der Waals surface area contributed by atoms with Gasteiger partial charge in [0.15, 0.2) is 0 Å². The van der Waals surface area contributed by atoms with Crippen LogP contribution in [0.3, 0.4) is 0 Å². The summed E-state index contributed by atoms with van der Waals surface area (Å²) in [4.78, 5) is 4.30. The number of aliphatic hydroxyl groups is 1. The van der Waals surface area contributed by atoms with Gasteiger partial charge in [-0.1, -0.05) is 18.2 Å². The molecule has 184 valence electrons. The van der Waals surface area contributed by atoms with Gasteiger partial charge in [-0.05, 0) is 97.4 Å². The number of anilines is 2. The van der Waals surface area contributed by atoms with Crippen LogP contribution in [-0.4, -0.2) is 43.2 Å². The van der Waals surface area contributed by atoms with Crippen molar-refractivity contribution in [2.75, 3.05) is 32.1 Å². The molecule has 6 N–H and O–H groups in total. The van der Waals surface area contributed by atoms with Crippen LogP contribution in [0.25, 0.3) is 0 Å². The Morgan fingerprint density at radius 2 is 1.86 bits per heavy atom. The van der Waals surface area contributed by atoms with Gasteiger partial charge in [0, 0.05) is 24.1 Å². The molecule has 0 saturated carbocycles. The maximum atomic E-state index is 10.7. The maximum Gasteiger partial charge on any atom is 0.141 e. The Kier molecular flexibility index (Phi) is 8.36. The minimum absolute atomic E-state index is 0.167. The second kappa shape index (κ2) is 11.8. The second-order valence-electron chi connectivity index (χ2n) is 8.71. The van der Waals surface area contributed by atoms with Gasteiger partial charge in [-0.25, -0.2) is 0 Å². The summed E-state index contributed by atoms with van der Waals surface area (Å²) >= 11 is 0. The molecule has 0 amide bonds. The van der Waals surface area contributed by atoms with E-state index in [-0.39, 0.29) is 5.75 Å². The molecule has 3 aromatic carbocycles. The molecule has 0 saturated heterocycles. The summed E-state index contributed by atoms with van der Waals surface area (Å²) in [5.41, 5.74) is 12.4. The maximum absolute atomic E-state index is 10.7. The Hall–Kier alpha value is -3.39. The zero-order chi connectivity index (χ0) is 24.6. The van der Waals surface area contributed by atoms with Crippen molar-refractivity contribution < 1.29 is 14.9 Å². The highest BCUT2D eigenvalue weighted by atomic mass is 16.5. The van der Waals surface area contributed by atoms with Crippen molar-refractivity contribution in [3.8, 4) is 11.5 Å². The molecule has 0 spiro atoms. The van der Waals surface area contributed by atoms with Crippen molar-refractivity contribution >= 4 is 23.3 Å². The Balaban J connectivity index is 1.27. The van der Waals surface area contributed by atoms with Crippen molar-refractivity contribution in [3.63, 3.8) is 0 Å². The Morgan fingerprint density at radius 1 is 1.06 bits per heavy atom. The largest absolute Gasteiger partial charge is 0.506 e. The number of phenols is 1. The first-order valence-corrected chi connectivity index (χ1v) is 12.1. The van der Waals surface area contributed by atoms with E-state index < -0.39 is 6.10 Å². The van der Waals surface area contributed by atoms with Crippen molar-refractivity contribution in [2.24, 2.45) is 10.7 Å². The van der Waals surface area contributed by atoms with E-state index in [2.05, 4.69) is 46.0 Å². The van der Waals surface area contributed by atoms with Crippen LogP contribution >= 0.6 is 0 Å². The number of nitrogens with one attached hydrogen (secondary N) is 2. The lowest BCUT2D eigenvalue weighted by molar-refractivity contribution is 0.174. The summed E-state index contributed by atoms with van der Waals surface area (Å²) in [5, 5.41) is 27.5. The van der Waals surface area contributed by atoms with Gasteiger partial charge in [0.05, 0.1) is 13.2 Å². The number of hydrogen-bond acceptors (Lipinski definition) is 7. The van der Waals surface area contributed by atoms with Gasteiger partial charge < -0.3 is 31.3 Å². The highest BCUT2D eigenvalue weighted by molar-refractivity contribution is 5.73. The average Bonchev–Trinajstić information content (AvgIpc) is 2.88. The number of aliphatic imine (C=N–C) groups is 1. The minimum atomic E-state index is -0.641. The predicted octanol–water partition coefficient (Wildman–Crippen LogP) is 4.16. The van der Waals surface area contributed by atoms with E-state index in [0.717, 1.165) is 66.0 Å². The summed E-state index contributed by atoms with van der Waals surface area (Å²) in [6.07, 6.45) is 4.40. The van der Waals surface area contributed by atoms with E-state index in [4.69, 9.17) is 10.5 Å². The third kappa shape index (κ3) is 6.19. The number of methoxy groups -OCH3 is 1. The van der Waals surface area contributed by atoms with Gasteiger partial charge in [0.2, 0.25) is 0 Å². The number of aliphatic hydroxyl groups excluding tert-OH is 1. The number of hydrogen-bond donors (Lipinski definition) is 5. The molecule has 0 radical (unpaired) electrons. The van der Waals surface area contributed by atoms with E-state index in [1.807, 2.05) is 18.3 Å². The van der Waals surface area contributed by atoms with Gasteiger partial charge in [-0.2, -0.15) is 0 Å². The van der Waals surface area contributed by atoms with Crippen LogP contribution in [0.2, 0.25) is 0 Å². The molecular weight excluding hydrogens is 440 g/mol. The Labute approximate surface area is 206 Å². The summed E-state index contributed by atoms with van der Waals surface area (Å²) in [6, 6.07) is 17.8. The van der Waals surface area contributed by atoms with Crippen LogP contribution in [0.15, 0.2) is 59.6 Å². The normalized spacial score (nSPS) is 13.3. The van der Waals surface area contributed by atoms with Crippen molar-refractivity contribution in [1.29, 1.82) is 0 Å². The quantitative estimate of drug-likeness (QED) is 0.267. The lowest BCUT2D eigenvalue weighted by atomic mass is 9.95. The predicted molar refractivity (Wildman–Crippen MR) is 142 cm³/mol. The Bertz CT molecular complexity index is 1160. The monoisotopic (exact) mass is 474 g/mol. The summed E-state index contributed by atoms with van der Waals surface area (Å²) in [7, 11) is 1.67. The van der Waals surface area contributed by atoms with Gasteiger partial charge in [0.1, 0.15) is 17.2 Å². The number of rotatable bonds is 11. The number of nitrogens with two attached hydrogens (primary N) is 1. The molecule has 1 heterocycles. The highest BCUT2D eigenvalue weighted by Crippen LogP contribution is 2.37. The molecule has 35 heavy (non-hydrogen) atoms. The van der Waals surface area contributed by atoms with Crippen LogP contribution in [0.4, 0.5) is 17.1 Å². The molecule has 0 bridgehead atoms. The molecule has 0 unspecified atom stereocenters. The second-order valence-corrected chi connectivity index (χ2v) is 8.71. The molecule has 3 aromatic rings. The van der Waals surface area contributed by atoms with Gasteiger partial charge in [-0.15, -0.1) is 0 Å². The molecule has 1 atom stereocenters. The summed E-state index contributed by atoms with van der Waals surface area (Å²) in [5.74, 6) is 1.02. The van der Waals surface area contributed by atoms with Crippen LogP contribution in [-0.2, 0) is 19.3 Å². The molecule has 1 aliphatic rings. The number of nitrogens with zero attached hydrogens (tertiary/aromatic N) is 1. The highest BCUT2D eigenvalue weighted by Gasteiger charge is 2.19. The smallest absolute Gasteiger partial charge is 0.141 e. The number of ether oxygens (including phenoxy) is 1. The van der Waals surface area contributed by atoms with E-state index in [0.29, 0.717) is 18.8 Å². The topological polar surface area (TPSA) is 112 Å². The van der Waals surface area contributed by atoms with E-state index in [1.54, 1.807) is 19.2 Å². The fourth-order valence-electron chi connectivity index (χ4n) is 4.43. The van der Waals surface area contributed by atoms with Gasteiger partial charge in [-0.3, -0.25) is 4.99 Å². The first-order chi connectivity index (χ1) is 17.1. The molecule has 4 rings (SSSR count). The number of aromatic hydroxyl groups is 1. The van der Waals surface area contributed by atoms with Crippen LogP contribution in [0.1, 0.15) is 34.8 Å². The van der Waals surface area contributed by atoms with Crippen LogP contribution in [0, 0.1) is 0 Å².